The van der Waals surface area contributed by atoms with Gasteiger partial charge in [-0.05, 0) is 31.7 Å². The third-order valence-corrected chi connectivity index (χ3v) is 2.33. The van der Waals surface area contributed by atoms with Crippen molar-refractivity contribution in [1.82, 2.24) is 9.97 Å². The van der Waals surface area contributed by atoms with Crippen molar-refractivity contribution in [2.45, 2.75) is 39.5 Å². The fourth-order valence-corrected chi connectivity index (χ4v) is 1.40. The first-order valence-corrected chi connectivity index (χ1v) is 5.83. The molecule has 0 amide bonds. The average molecular weight is 223 g/mol. The van der Waals surface area contributed by atoms with E-state index in [2.05, 4.69) is 29.1 Å². The molecule has 0 saturated carbocycles. The lowest BCUT2D eigenvalue weighted by molar-refractivity contribution is 0.286. The van der Waals surface area contributed by atoms with Gasteiger partial charge in [-0.15, -0.1) is 0 Å². The first-order valence-electron chi connectivity index (χ1n) is 5.83. The lowest BCUT2D eigenvalue weighted by Gasteiger charge is -2.09. The smallest absolute Gasteiger partial charge is 0.223 e. The molecule has 0 saturated heterocycles. The monoisotopic (exact) mass is 223 g/mol. The van der Waals surface area contributed by atoms with Gasteiger partial charge in [0.05, 0.1) is 0 Å². The van der Waals surface area contributed by atoms with E-state index in [-0.39, 0.29) is 6.61 Å². The van der Waals surface area contributed by atoms with Crippen LogP contribution in [-0.4, -0.2) is 28.2 Å². The number of anilines is 1. The molecule has 90 valence electrons. The van der Waals surface area contributed by atoms with Gasteiger partial charge < -0.3 is 10.4 Å². The Hall–Kier alpha value is -1.16. The van der Waals surface area contributed by atoms with Crippen molar-refractivity contribution in [2.24, 2.45) is 0 Å². The second-order valence-corrected chi connectivity index (χ2v) is 4.27. The highest BCUT2D eigenvalue weighted by molar-refractivity contribution is 5.28. The molecule has 1 aromatic heterocycles. The van der Waals surface area contributed by atoms with E-state index in [9.17, 15) is 0 Å². The molecule has 0 radical (unpaired) electrons. The second kappa shape index (κ2) is 6.43. The maximum Gasteiger partial charge on any atom is 0.223 e. The SMILES string of the molecule is Cc1cc(C(C)C)nc(NCCCCO)n1. The van der Waals surface area contributed by atoms with Crippen LogP contribution in [0.4, 0.5) is 5.95 Å². The molecule has 4 nitrogen and oxygen atoms in total. The van der Waals surface area contributed by atoms with Crippen molar-refractivity contribution < 1.29 is 5.11 Å². The fourth-order valence-electron chi connectivity index (χ4n) is 1.40. The summed E-state index contributed by atoms with van der Waals surface area (Å²) < 4.78 is 0. The van der Waals surface area contributed by atoms with Crippen LogP contribution in [0.3, 0.4) is 0 Å². The molecule has 0 bridgehead atoms. The topological polar surface area (TPSA) is 58.0 Å². The van der Waals surface area contributed by atoms with Crippen LogP contribution in [0.25, 0.3) is 0 Å². The minimum absolute atomic E-state index is 0.244. The zero-order valence-electron chi connectivity index (χ0n) is 10.3. The van der Waals surface area contributed by atoms with E-state index in [1.54, 1.807) is 0 Å². The quantitative estimate of drug-likeness (QED) is 0.725. The van der Waals surface area contributed by atoms with Crippen molar-refractivity contribution in [3.8, 4) is 0 Å². The Balaban J connectivity index is 2.58. The number of nitrogens with zero attached hydrogens (tertiary/aromatic N) is 2. The predicted octanol–water partition coefficient (Wildman–Crippen LogP) is 2.09. The summed E-state index contributed by atoms with van der Waals surface area (Å²) in [5.41, 5.74) is 2.06. The Bertz CT molecular complexity index is 326. The number of unbranched alkanes of at least 4 members (excludes halogenated alkanes) is 1. The summed E-state index contributed by atoms with van der Waals surface area (Å²) in [7, 11) is 0. The summed E-state index contributed by atoms with van der Waals surface area (Å²) in [5.74, 6) is 1.11. The largest absolute Gasteiger partial charge is 0.396 e. The van der Waals surface area contributed by atoms with Gasteiger partial charge in [-0.1, -0.05) is 13.8 Å². The first-order chi connectivity index (χ1) is 7.63. The molecular formula is C12H21N3O. The number of aryl methyl sites for hydroxylation is 1. The summed E-state index contributed by atoms with van der Waals surface area (Å²) in [6, 6.07) is 2.02. The van der Waals surface area contributed by atoms with Gasteiger partial charge in [0.15, 0.2) is 0 Å². The number of hydrogen-bond donors (Lipinski definition) is 2. The molecule has 0 aromatic carbocycles. The zero-order valence-corrected chi connectivity index (χ0v) is 10.3. The molecule has 4 heteroatoms. The van der Waals surface area contributed by atoms with Crippen molar-refractivity contribution in [3.05, 3.63) is 17.5 Å². The van der Waals surface area contributed by atoms with Crippen molar-refractivity contribution in [2.75, 3.05) is 18.5 Å². The van der Waals surface area contributed by atoms with Gasteiger partial charge in [-0.25, -0.2) is 9.97 Å². The van der Waals surface area contributed by atoms with Gasteiger partial charge in [0, 0.05) is 24.5 Å². The van der Waals surface area contributed by atoms with Gasteiger partial charge in [-0.3, -0.25) is 0 Å². The van der Waals surface area contributed by atoms with E-state index in [1.165, 1.54) is 0 Å². The summed E-state index contributed by atoms with van der Waals surface area (Å²) >= 11 is 0. The van der Waals surface area contributed by atoms with E-state index in [0.717, 1.165) is 30.8 Å². The number of aromatic nitrogens is 2. The Morgan fingerprint density at radius 1 is 1.31 bits per heavy atom. The normalized spacial score (nSPS) is 10.8. The van der Waals surface area contributed by atoms with Crippen LogP contribution in [0.2, 0.25) is 0 Å². The highest BCUT2D eigenvalue weighted by atomic mass is 16.2. The molecule has 16 heavy (non-hydrogen) atoms. The summed E-state index contributed by atoms with van der Waals surface area (Å²) in [6.45, 7) is 7.27. The third kappa shape index (κ3) is 4.14. The van der Waals surface area contributed by atoms with Gasteiger partial charge in [0.1, 0.15) is 0 Å². The minimum Gasteiger partial charge on any atom is -0.396 e. The van der Waals surface area contributed by atoms with Crippen molar-refractivity contribution in [3.63, 3.8) is 0 Å². The molecule has 1 rings (SSSR count). The highest BCUT2D eigenvalue weighted by Crippen LogP contribution is 2.14. The van der Waals surface area contributed by atoms with E-state index in [0.29, 0.717) is 11.9 Å². The van der Waals surface area contributed by atoms with Crippen LogP contribution < -0.4 is 5.32 Å². The second-order valence-electron chi connectivity index (χ2n) is 4.27. The molecule has 0 spiro atoms. The Morgan fingerprint density at radius 2 is 2.06 bits per heavy atom. The maximum absolute atomic E-state index is 8.67. The van der Waals surface area contributed by atoms with E-state index >= 15 is 0 Å². The molecule has 0 aliphatic rings. The van der Waals surface area contributed by atoms with Gasteiger partial charge in [-0.2, -0.15) is 0 Å². The number of aliphatic hydroxyl groups excluding tert-OH is 1. The molecule has 0 unspecified atom stereocenters. The number of nitrogens with one attached hydrogen (secondary N) is 1. The fraction of sp³-hybridized carbons (Fsp3) is 0.667. The van der Waals surface area contributed by atoms with Crippen LogP contribution in [-0.2, 0) is 0 Å². The average Bonchev–Trinajstić information content (AvgIpc) is 2.23. The van der Waals surface area contributed by atoms with Crippen LogP contribution in [0, 0.1) is 6.92 Å². The third-order valence-electron chi connectivity index (χ3n) is 2.33. The molecule has 1 heterocycles. The number of rotatable bonds is 6. The lowest BCUT2D eigenvalue weighted by Crippen LogP contribution is -2.08. The van der Waals surface area contributed by atoms with Crippen LogP contribution >= 0.6 is 0 Å². The Labute approximate surface area is 97.1 Å². The maximum atomic E-state index is 8.67. The molecule has 0 fully saturated rings. The summed E-state index contributed by atoms with van der Waals surface area (Å²) in [5, 5.41) is 11.8. The minimum atomic E-state index is 0.244. The zero-order chi connectivity index (χ0) is 12.0. The van der Waals surface area contributed by atoms with Gasteiger partial charge in [0.25, 0.3) is 0 Å². The summed E-state index contributed by atoms with van der Waals surface area (Å²) in [6.07, 6.45) is 1.75. The van der Waals surface area contributed by atoms with E-state index < -0.39 is 0 Å². The Morgan fingerprint density at radius 3 is 2.69 bits per heavy atom. The van der Waals surface area contributed by atoms with E-state index in [1.807, 2.05) is 13.0 Å². The van der Waals surface area contributed by atoms with Crippen molar-refractivity contribution >= 4 is 5.95 Å². The van der Waals surface area contributed by atoms with Crippen LogP contribution in [0.1, 0.15) is 44.0 Å². The number of aliphatic hydroxyl groups is 1. The van der Waals surface area contributed by atoms with Crippen LogP contribution in [0.15, 0.2) is 6.07 Å². The van der Waals surface area contributed by atoms with Gasteiger partial charge >= 0.3 is 0 Å². The molecule has 0 aliphatic carbocycles. The Kier molecular flexibility index (Phi) is 5.19. The molecule has 0 aliphatic heterocycles. The lowest BCUT2D eigenvalue weighted by atomic mass is 10.1. The highest BCUT2D eigenvalue weighted by Gasteiger charge is 2.04. The van der Waals surface area contributed by atoms with Crippen molar-refractivity contribution in [1.29, 1.82) is 0 Å². The molecule has 1 aromatic rings. The molecule has 2 N–H and O–H groups in total. The van der Waals surface area contributed by atoms with Crippen LogP contribution in [0.5, 0.6) is 0 Å². The summed E-state index contributed by atoms with van der Waals surface area (Å²) in [4.78, 5) is 8.78. The predicted molar refractivity (Wildman–Crippen MR) is 65.7 cm³/mol. The number of hydrogen-bond acceptors (Lipinski definition) is 4. The standard InChI is InChI=1S/C12H21N3O/c1-9(2)11-8-10(3)14-12(15-11)13-6-4-5-7-16/h8-9,16H,4-7H2,1-3H3,(H,13,14,15). The first kappa shape index (κ1) is 12.9. The van der Waals surface area contributed by atoms with E-state index in [4.69, 9.17) is 5.11 Å². The molecular weight excluding hydrogens is 202 g/mol. The molecule has 0 atom stereocenters. The van der Waals surface area contributed by atoms with Gasteiger partial charge in [0.2, 0.25) is 5.95 Å².